The van der Waals surface area contributed by atoms with Crippen LogP contribution in [0.4, 0.5) is 0 Å². The molecule has 1 aliphatic rings. The Labute approximate surface area is 113 Å². The number of nitrogens with two attached hydrogens (primary N) is 1. The van der Waals surface area contributed by atoms with Gasteiger partial charge in [0.15, 0.2) is 0 Å². The van der Waals surface area contributed by atoms with Crippen LogP contribution >= 0.6 is 23.7 Å². The van der Waals surface area contributed by atoms with E-state index >= 15 is 0 Å². The van der Waals surface area contributed by atoms with Crippen molar-refractivity contribution < 1.29 is 4.74 Å². The van der Waals surface area contributed by atoms with Crippen molar-refractivity contribution >= 4 is 23.7 Å². The maximum atomic E-state index is 5.85. The third-order valence-electron chi connectivity index (χ3n) is 3.33. The molecule has 17 heavy (non-hydrogen) atoms. The van der Waals surface area contributed by atoms with Crippen LogP contribution < -0.4 is 5.73 Å². The molecule has 1 aliphatic heterocycles. The standard InChI is InChI=1S/C12H20N2OS.ClH/c1-15-11-4-5-14(10(7-11)8-13)9-12-3-2-6-16-12;/h2-3,6,10-11H,4-5,7-9,13H2,1H3;1H. The molecule has 0 bridgehead atoms. The van der Waals surface area contributed by atoms with Crippen LogP contribution in [0.15, 0.2) is 17.5 Å². The summed E-state index contributed by atoms with van der Waals surface area (Å²) in [6.07, 6.45) is 2.59. The zero-order valence-corrected chi connectivity index (χ0v) is 11.8. The lowest BCUT2D eigenvalue weighted by atomic mass is 9.99. The number of nitrogens with zero attached hydrogens (tertiary/aromatic N) is 1. The Balaban J connectivity index is 0.00000144. The maximum absolute atomic E-state index is 5.85. The molecule has 2 N–H and O–H groups in total. The van der Waals surface area contributed by atoms with Gasteiger partial charge in [0, 0.05) is 37.7 Å². The van der Waals surface area contributed by atoms with E-state index in [1.807, 2.05) is 11.3 Å². The molecule has 0 aromatic carbocycles. The lowest BCUT2D eigenvalue weighted by Crippen LogP contribution is -2.47. The molecule has 1 fully saturated rings. The van der Waals surface area contributed by atoms with Gasteiger partial charge in [-0.3, -0.25) is 4.90 Å². The van der Waals surface area contributed by atoms with Crippen LogP contribution in [0, 0.1) is 0 Å². The van der Waals surface area contributed by atoms with Crippen molar-refractivity contribution in [2.45, 2.75) is 31.5 Å². The monoisotopic (exact) mass is 276 g/mol. The van der Waals surface area contributed by atoms with Crippen LogP contribution in [0.3, 0.4) is 0 Å². The summed E-state index contributed by atoms with van der Waals surface area (Å²) in [5.74, 6) is 0. The lowest BCUT2D eigenvalue weighted by Gasteiger charge is -2.38. The Morgan fingerprint density at radius 1 is 1.59 bits per heavy atom. The Morgan fingerprint density at radius 2 is 2.41 bits per heavy atom. The lowest BCUT2D eigenvalue weighted by molar-refractivity contribution is 0.0106. The summed E-state index contributed by atoms with van der Waals surface area (Å²) in [5.41, 5.74) is 5.85. The summed E-state index contributed by atoms with van der Waals surface area (Å²) >= 11 is 1.82. The fourth-order valence-corrected chi connectivity index (χ4v) is 3.06. The highest BCUT2D eigenvalue weighted by atomic mass is 35.5. The van der Waals surface area contributed by atoms with Gasteiger partial charge in [0.05, 0.1) is 6.10 Å². The molecule has 3 nitrogen and oxygen atoms in total. The molecule has 2 unspecified atom stereocenters. The zero-order chi connectivity index (χ0) is 11.4. The normalized spacial score (nSPS) is 25.5. The van der Waals surface area contributed by atoms with E-state index in [9.17, 15) is 0 Å². The molecule has 5 heteroatoms. The summed E-state index contributed by atoms with van der Waals surface area (Å²) < 4.78 is 5.43. The first-order valence-corrected chi connectivity index (χ1v) is 6.70. The Hall–Kier alpha value is -0.130. The first kappa shape index (κ1) is 14.9. The molecular formula is C12H21ClN2OS. The van der Waals surface area contributed by atoms with E-state index < -0.39 is 0 Å². The summed E-state index contributed by atoms with van der Waals surface area (Å²) in [7, 11) is 1.80. The van der Waals surface area contributed by atoms with Crippen LogP contribution in [-0.2, 0) is 11.3 Å². The second kappa shape index (κ2) is 7.34. The summed E-state index contributed by atoms with van der Waals surface area (Å²) in [5, 5.41) is 2.13. The molecule has 1 saturated heterocycles. The van der Waals surface area contributed by atoms with E-state index in [2.05, 4.69) is 22.4 Å². The van der Waals surface area contributed by atoms with E-state index in [1.54, 1.807) is 7.11 Å². The highest BCUT2D eigenvalue weighted by Crippen LogP contribution is 2.22. The van der Waals surface area contributed by atoms with E-state index in [0.29, 0.717) is 12.1 Å². The quantitative estimate of drug-likeness (QED) is 0.915. The van der Waals surface area contributed by atoms with Crippen LogP contribution in [0.5, 0.6) is 0 Å². The van der Waals surface area contributed by atoms with E-state index in [4.69, 9.17) is 10.5 Å². The number of thiophene rings is 1. The maximum Gasteiger partial charge on any atom is 0.0599 e. The Bertz CT molecular complexity index is 307. The van der Waals surface area contributed by atoms with Crippen molar-refractivity contribution in [2.75, 3.05) is 20.2 Å². The predicted octanol–water partition coefficient (Wildman–Crippen LogP) is 2.11. The first-order chi connectivity index (χ1) is 7.83. The van der Waals surface area contributed by atoms with E-state index in [1.165, 1.54) is 4.88 Å². The SMILES string of the molecule is COC1CCN(Cc2cccs2)C(CN)C1.Cl. The minimum atomic E-state index is 0. The topological polar surface area (TPSA) is 38.5 Å². The fraction of sp³-hybridized carbons (Fsp3) is 0.667. The number of likely N-dealkylation sites (tertiary alicyclic amines) is 1. The third-order valence-corrected chi connectivity index (χ3v) is 4.20. The number of piperidine rings is 1. The molecule has 2 heterocycles. The van der Waals surface area contributed by atoms with Crippen molar-refractivity contribution in [1.29, 1.82) is 0 Å². The smallest absolute Gasteiger partial charge is 0.0599 e. The van der Waals surface area contributed by atoms with Crippen molar-refractivity contribution in [3.63, 3.8) is 0 Å². The highest BCUT2D eigenvalue weighted by Gasteiger charge is 2.27. The van der Waals surface area contributed by atoms with Gasteiger partial charge in [-0.2, -0.15) is 0 Å². The van der Waals surface area contributed by atoms with E-state index in [0.717, 1.165) is 32.5 Å². The summed E-state index contributed by atoms with van der Waals surface area (Å²) in [4.78, 5) is 3.91. The van der Waals surface area contributed by atoms with Crippen molar-refractivity contribution in [1.82, 2.24) is 4.90 Å². The van der Waals surface area contributed by atoms with Gasteiger partial charge in [-0.15, -0.1) is 23.7 Å². The molecule has 0 spiro atoms. The van der Waals surface area contributed by atoms with Crippen molar-refractivity contribution in [3.05, 3.63) is 22.4 Å². The Kier molecular flexibility index (Phi) is 6.44. The average molecular weight is 277 g/mol. The zero-order valence-electron chi connectivity index (χ0n) is 10.2. The average Bonchev–Trinajstić information content (AvgIpc) is 2.82. The molecule has 0 aliphatic carbocycles. The molecule has 0 amide bonds. The third kappa shape index (κ3) is 3.93. The molecular weight excluding hydrogens is 256 g/mol. The van der Waals surface area contributed by atoms with Gasteiger partial charge in [-0.05, 0) is 24.3 Å². The van der Waals surface area contributed by atoms with Gasteiger partial charge in [0.2, 0.25) is 0 Å². The number of hydrogen-bond acceptors (Lipinski definition) is 4. The molecule has 2 rings (SSSR count). The van der Waals surface area contributed by atoms with Crippen LogP contribution in [0.25, 0.3) is 0 Å². The summed E-state index contributed by atoms with van der Waals surface area (Å²) in [6, 6.07) is 4.78. The van der Waals surface area contributed by atoms with E-state index in [-0.39, 0.29) is 12.4 Å². The second-order valence-electron chi connectivity index (χ2n) is 4.32. The predicted molar refractivity (Wildman–Crippen MR) is 74.9 cm³/mol. The molecule has 1 aromatic rings. The van der Waals surface area contributed by atoms with Gasteiger partial charge in [-0.25, -0.2) is 0 Å². The fourth-order valence-electron chi connectivity index (χ4n) is 2.33. The van der Waals surface area contributed by atoms with Crippen LogP contribution in [0.1, 0.15) is 17.7 Å². The highest BCUT2D eigenvalue weighted by molar-refractivity contribution is 7.09. The van der Waals surface area contributed by atoms with Gasteiger partial charge in [0.1, 0.15) is 0 Å². The number of methoxy groups -OCH3 is 1. The van der Waals surface area contributed by atoms with Gasteiger partial charge < -0.3 is 10.5 Å². The van der Waals surface area contributed by atoms with Gasteiger partial charge in [0.25, 0.3) is 0 Å². The minimum Gasteiger partial charge on any atom is -0.381 e. The first-order valence-electron chi connectivity index (χ1n) is 5.82. The molecule has 0 saturated carbocycles. The minimum absolute atomic E-state index is 0. The largest absolute Gasteiger partial charge is 0.381 e. The van der Waals surface area contributed by atoms with Gasteiger partial charge in [-0.1, -0.05) is 6.07 Å². The van der Waals surface area contributed by atoms with Crippen molar-refractivity contribution in [2.24, 2.45) is 5.73 Å². The number of hydrogen-bond donors (Lipinski definition) is 1. The van der Waals surface area contributed by atoms with Crippen LogP contribution in [-0.4, -0.2) is 37.2 Å². The molecule has 98 valence electrons. The number of halogens is 1. The molecule has 2 atom stereocenters. The van der Waals surface area contributed by atoms with Crippen LogP contribution in [0.2, 0.25) is 0 Å². The molecule has 1 aromatic heterocycles. The summed E-state index contributed by atoms with van der Waals surface area (Å²) in [6.45, 7) is 2.86. The number of ether oxygens (including phenoxy) is 1. The molecule has 0 radical (unpaired) electrons. The Morgan fingerprint density at radius 3 is 3.00 bits per heavy atom. The number of rotatable bonds is 4. The van der Waals surface area contributed by atoms with Gasteiger partial charge >= 0.3 is 0 Å². The van der Waals surface area contributed by atoms with Crippen molar-refractivity contribution in [3.8, 4) is 0 Å². The second-order valence-corrected chi connectivity index (χ2v) is 5.35.